The summed E-state index contributed by atoms with van der Waals surface area (Å²) in [5.74, 6) is -0.363. The molecule has 2 aromatic carbocycles. The highest BCUT2D eigenvalue weighted by Gasteiger charge is 2.16. The van der Waals surface area contributed by atoms with Gasteiger partial charge in [-0.3, -0.25) is 14.5 Å². The van der Waals surface area contributed by atoms with Crippen molar-refractivity contribution < 1.29 is 9.59 Å². The summed E-state index contributed by atoms with van der Waals surface area (Å²) < 4.78 is 0. The molecule has 2 rings (SSSR count). The predicted octanol–water partition coefficient (Wildman–Crippen LogP) is 4.36. The predicted molar refractivity (Wildman–Crippen MR) is 115 cm³/mol. The van der Waals surface area contributed by atoms with Gasteiger partial charge in [-0.05, 0) is 62.7 Å². The Labute approximate surface area is 176 Å². The van der Waals surface area contributed by atoms with Crippen LogP contribution in [0.4, 0.5) is 5.69 Å². The van der Waals surface area contributed by atoms with Crippen LogP contribution in [0.1, 0.15) is 29.7 Å². The summed E-state index contributed by atoms with van der Waals surface area (Å²) in [6.07, 6.45) is 0. The van der Waals surface area contributed by atoms with Crippen LogP contribution in [0, 0.1) is 13.8 Å². The van der Waals surface area contributed by atoms with Crippen molar-refractivity contribution in [1.29, 1.82) is 0 Å². The summed E-state index contributed by atoms with van der Waals surface area (Å²) in [7, 11) is 1.72. The number of halogens is 2. The van der Waals surface area contributed by atoms with Crippen molar-refractivity contribution in [3.8, 4) is 0 Å². The number of nitrogens with one attached hydrogen (secondary N) is 2. The molecule has 28 heavy (non-hydrogen) atoms. The molecule has 5 nitrogen and oxygen atoms in total. The summed E-state index contributed by atoms with van der Waals surface area (Å²) in [6, 6.07) is 10.8. The van der Waals surface area contributed by atoms with E-state index in [1.807, 2.05) is 39.0 Å². The van der Waals surface area contributed by atoms with E-state index in [0.29, 0.717) is 10.0 Å². The van der Waals surface area contributed by atoms with Gasteiger partial charge < -0.3 is 10.6 Å². The lowest BCUT2D eigenvalue weighted by molar-refractivity contribution is -0.123. The van der Waals surface area contributed by atoms with E-state index in [1.54, 1.807) is 30.1 Å². The zero-order valence-corrected chi connectivity index (χ0v) is 18.0. The van der Waals surface area contributed by atoms with E-state index >= 15 is 0 Å². The third-order valence-corrected chi connectivity index (χ3v) is 4.86. The number of aryl methyl sites for hydroxylation is 2. The number of likely N-dealkylation sites (N-methyl/N-ethyl adjacent to an activating group) is 1. The highest BCUT2D eigenvalue weighted by Crippen LogP contribution is 2.26. The summed E-state index contributed by atoms with van der Waals surface area (Å²) >= 11 is 12.1. The van der Waals surface area contributed by atoms with E-state index in [4.69, 9.17) is 23.2 Å². The molecule has 0 aliphatic heterocycles. The van der Waals surface area contributed by atoms with E-state index in [1.165, 1.54) is 0 Å². The number of hydrogen-bond acceptors (Lipinski definition) is 3. The van der Waals surface area contributed by atoms with Crippen LogP contribution < -0.4 is 10.6 Å². The molecule has 0 saturated carbocycles. The Morgan fingerprint density at radius 2 is 1.71 bits per heavy atom. The smallest absolute Gasteiger partial charge is 0.238 e. The number of benzene rings is 2. The van der Waals surface area contributed by atoms with Crippen LogP contribution in [-0.2, 0) is 9.59 Å². The average molecular weight is 422 g/mol. The van der Waals surface area contributed by atoms with Gasteiger partial charge in [-0.25, -0.2) is 0 Å². The molecule has 0 radical (unpaired) electrons. The molecule has 0 aliphatic carbocycles. The first-order chi connectivity index (χ1) is 13.2. The van der Waals surface area contributed by atoms with Crippen LogP contribution in [0.3, 0.4) is 0 Å². The van der Waals surface area contributed by atoms with E-state index in [9.17, 15) is 9.59 Å². The molecule has 2 aromatic rings. The average Bonchev–Trinajstić information content (AvgIpc) is 2.57. The molecule has 0 heterocycles. The topological polar surface area (TPSA) is 61.4 Å². The molecular weight excluding hydrogens is 397 g/mol. The molecule has 0 saturated heterocycles. The summed E-state index contributed by atoms with van der Waals surface area (Å²) in [5, 5.41) is 6.82. The van der Waals surface area contributed by atoms with E-state index < -0.39 is 0 Å². The van der Waals surface area contributed by atoms with Gasteiger partial charge >= 0.3 is 0 Å². The van der Waals surface area contributed by atoms with Gasteiger partial charge in [0.05, 0.1) is 19.1 Å². The molecule has 150 valence electrons. The van der Waals surface area contributed by atoms with Gasteiger partial charge in [-0.15, -0.1) is 0 Å². The lowest BCUT2D eigenvalue weighted by Crippen LogP contribution is -2.39. The molecule has 0 fully saturated rings. The van der Waals surface area contributed by atoms with Crippen LogP contribution in [-0.4, -0.2) is 36.9 Å². The Kier molecular flexibility index (Phi) is 7.87. The van der Waals surface area contributed by atoms with E-state index in [-0.39, 0.29) is 30.9 Å². The lowest BCUT2D eigenvalue weighted by atomic mass is 10.1. The third-order valence-electron chi connectivity index (χ3n) is 4.30. The lowest BCUT2D eigenvalue weighted by Gasteiger charge is -2.20. The Bertz CT molecular complexity index is 871. The number of anilines is 1. The van der Waals surface area contributed by atoms with Crippen LogP contribution in [0.25, 0.3) is 0 Å². The molecule has 2 amide bonds. The van der Waals surface area contributed by atoms with Crippen LogP contribution in [0.2, 0.25) is 10.0 Å². The summed E-state index contributed by atoms with van der Waals surface area (Å²) in [5.41, 5.74) is 3.64. The highest BCUT2D eigenvalue weighted by atomic mass is 35.5. The fraction of sp³-hybridized carbons (Fsp3) is 0.333. The van der Waals surface area contributed by atoms with Gasteiger partial charge in [0.1, 0.15) is 0 Å². The standard InChI is InChI=1S/C21H25Cl2N3O2/c1-13-5-6-14(2)19(9-13)25-21(28)12-26(4)11-20(27)24-15(3)17-8-7-16(22)10-18(17)23/h5-10,15H,11-12H2,1-4H3,(H,24,27)(H,25,28)/t15-/m1/s1. The van der Waals surface area contributed by atoms with Gasteiger partial charge in [0.25, 0.3) is 0 Å². The number of hydrogen-bond donors (Lipinski definition) is 2. The number of carbonyl (C=O) groups is 2. The maximum Gasteiger partial charge on any atom is 0.238 e. The summed E-state index contributed by atoms with van der Waals surface area (Å²) in [6.45, 7) is 5.96. The van der Waals surface area contributed by atoms with Crippen molar-refractivity contribution in [1.82, 2.24) is 10.2 Å². The largest absolute Gasteiger partial charge is 0.348 e. The Morgan fingerprint density at radius 1 is 1.04 bits per heavy atom. The van der Waals surface area contributed by atoms with Crippen LogP contribution >= 0.6 is 23.2 Å². The first-order valence-electron chi connectivity index (χ1n) is 8.95. The Morgan fingerprint density at radius 3 is 2.39 bits per heavy atom. The zero-order valence-electron chi connectivity index (χ0n) is 16.5. The van der Waals surface area contributed by atoms with Gasteiger partial charge in [0, 0.05) is 15.7 Å². The molecule has 0 bridgehead atoms. The number of nitrogens with zero attached hydrogens (tertiary/aromatic N) is 1. The van der Waals surface area contributed by atoms with Crippen molar-refractivity contribution in [3.05, 3.63) is 63.1 Å². The van der Waals surface area contributed by atoms with Gasteiger partial charge in [0.15, 0.2) is 0 Å². The van der Waals surface area contributed by atoms with Crippen LogP contribution in [0.5, 0.6) is 0 Å². The zero-order chi connectivity index (χ0) is 20.8. The fourth-order valence-electron chi connectivity index (χ4n) is 2.82. The quantitative estimate of drug-likeness (QED) is 0.697. The van der Waals surface area contributed by atoms with E-state index in [0.717, 1.165) is 22.4 Å². The van der Waals surface area contributed by atoms with Crippen molar-refractivity contribution in [3.63, 3.8) is 0 Å². The van der Waals surface area contributed by atoms with Gasteiger partial charge in [-0.1, -0.05) is 41.4 Å². The monoisotopic (exact) mass is 421 g/mol. The van der Waals surface area contributed by atoms with Gasteiger partial charge in [0.2, 0.25) is 11.8 Å². The minimum absolute atomic E-state index is 0.0930. The van der Waals surface area contributed by atoms with Gasteiger partial charge in [-0.2, -0.15) is 0 Å². The highest BCUT2D eigenvalue weighted by molar-refractivity contribution is 6.35. The third kappa shape index (κ3) is 6.51. The SMILES string of the molecule is Cc1ccc(C)c(NC(=O)CN(C)CC(=O)N[C@H](C)c2ccc(Cl)cc2Cl)c1. The fourth-order valence-corrected chi connectivity index (χ4v) is 3.40. The first kappa shape index (κ1) is 22.2. The van der Waals surface area contributed by atoms with E-state index in [2.05, 4.69) is 10.6 Å². The van der Waals surface area contributed by atoms with Crippen molar-refractivity contribution in [2.75, 3.05) is 25.5 Å². The summed E-state index contributed by atoms with van der Waals surface area (Å²) in [4.78, 5) is 26.2. The second-order valence-electron chi connectivity index (χ2n) is 6.99. The number of rotatable bonds is 7. The number of amides is 2. The second-order valence-corrected chi connectivity index (χ2v) is 7.84. The van der Waals surface area contributed by atoms with Crippen molar-refractivity contribution in [2.24, 2.45) is 0 Å². The van der Waals surface area contributed by atoms with Crippen LogP contribution in [0.15, 0.2) is 36.4 Å². The minimum atomic E-state index is -0.269. The molecule has 0 aliphatic rings. The molecule has 0 unspecified atom stereocenters. The Hall–Kier alpha value is -2.08. The maximum absolute atomic E-state index is 12.3. The maximum atomic E-state index is 12.3. The normalized spacial score (nSPS) is 12.0. The number of carbonyl (C=O) groups excluding carboxylic acids is 2. The molecule has 1 atom stereocenters. The first-order valence-corrected chi connectivity index (χ1v) is 9.71. The molecule has 0 spiro atoms. The minimum Gasteiger partial charge on any atom is -0.348 e. The molecule has 0 aromatic heterocycles. The van der Waals surface area contributed by atoms with Crippen molar-refractivity contribution >= 4 is 40.7 Å². The second kappa shape index (κ2) is 9.92. The molecule has 2 N–H and O–H groups in total. The van der Waals surface area contributed by atoms with Crippen molar-refractivity contribution in [2.45, 2.75) is 26.8 Å². The molecular formula is C21H25Cl2N3O2. The molecule has 7 heteroatoms. The Balaban J connectivity index is 1.86.